The van der Waals surface area contributed by atoms with Crippen molar-refractivity contribution in [2.75, 3.05) is 7.11 Å². The van der Waals surface area contributed by atoms with Crippen molar-refractivity contribution in [3.63, 3.8) is 0 Å². The quantitative estimate of drug-likeness (QED) is 0.840. The van der Waals surface area contributed by atoms with Gasteiger partial charge in [0.1, 0.15) is 10.8 Å². The van der Waals surface area contributed by atoms with Crippen LogP contribution in [0.3, 0.4) is 0 Å². The number of hydrogen-bond acceptors (Lipinski definition) is 4. The number of methoxy groups -OCH3 is 1. The highest BCUT2D eigenvalue weighted by atomic mass is 35.5. The number of hydrogen-bond donors (Lipinski definition) is 0. The van der Waals surface area contributed by atoms with Crippen molar-refractivity contribution in [1.29, 1.82) is 0 Å². The molecule has 0 saturated carbocycles. The summed E-state index contributed by atoms with van der Waals surface area (Å²) in [5.41, 5.74) is 0. The molecule has 2 rings (SSSR count). The Bertz CT molecular complexity index is 476. The number of ether oxygens (including phenoxy) is 1. The first kappa shape index (κ1) is 11.2. The summed E-state index contributed by atoms with van der Waals surface area (Å²) < 4.78 is 5.08. The van der Waals surface area contributed by atoms with Crippen molar-refractivity contribution >= 4 is 23.4 Å². The minimum absolute atomic E-state index is 0.420. The topological polar surface area (TPSA) is 35.0 Å². The molecule has 0 spiro atoms. The van der Waals surface area contributed by atoms with Crippen LogP contribution in [0.2, 0.25) is 5.15 Å². The fraction of sp³-hybridized carbons (Fsp3) is 0.0909. The van der Waals surface area contributed by atoms with Crippen molar-refractivity contribution in [2.45, 2.75) is 9.92 Å². The summed E-state index contributed by atoms with van der Waals surface area (Å²) >= 11 is 7.39. The van der Waals surface area contributed by atoms with Gasteiger partial charge in [0.05, 0.1) is 7.11 Å². The molecule has 16 heavy (non-hydrogen) atoms. The fourth-order valence-corrected chi connectivity index (χ4v) is 2.10. The molecule has 1 aromatic heterocycles. The van der Waals surface area contributed by atoms with Crippen molar-refractivity contribution in [2.24, 2.45) is 0 Å². The Morgan fingerprint density at radius 1 is 1.12 bits per heavy atom. The molecule has 3 nitrogen and oxygen atoms in total. The zero-order valence-electron chi connectivity index (χ0n) is 8.55. The molecular weight excluding hydrogens is 244 g/mol. The van der Waals surface area contributed by atoms with Crippen molar-refractivity contribution in [1.82, 2.24) is 9.97 Å². The first-order valence-electron chi connectivity index (χ1n) is 4.58. The molecule has 5 heteroatoms. The van der Waals surface area contributed by atoms with Crippen molar-refractivity contribution in [3.8, 4) is 5.75 Å². The molecule has 0 aliphatic heterocycles. The van der Waals surface area contributed by atoms with E-state index in [0.717, 1.165) is 10.6 Å². The van der Waals surface area contributed by atoms with Gasteiger partial charge in [-0.05, 0) is 24.3 Å². The number of benzene rings is 1. The third kappa shape index (κ3) is 2.65. The average molecular weight is 253 g/mol. The van der Waals surface area contributed by atoms with Gasteiger partial charge in [0.2, 0.25) is 0 Å². The van der Waals surface area contributed by atoms with E-state index in [0.29, 0.717) is 10.2 Å². The standard InChI is InChI=1S/C11H9ClN2OS/c1-15-8-2-4-9(5-3-8)16-11-10(12)13-6-7-14-11/h2-7H,1H3. The largest absolute Gasteiger partial charge is 0.497 e. The second-order valence-electron chi connectivity index (χ2n) is 2.93. The van der Waals surface area contributed by atoms with Crippen LogP contribution in [0, 0.1) is 0 Å². The summed E-state index contributed by atoms with van der Waals surface area (Å²) in [6.45, 7) is 0. The number of rotatable bonds is 3. The molecule has 2 aromatic rings. The van der Waals surface area contributed by atoms with Crippen molar-refractivity contribution < 1.29 is 4.74 Å². The van der Waals surface area contributed by atoms with E-state index in [1.807, 2.05) is 24.3 Å². The Balaban J connectivity index is 2.18. The lowest BCUT2D eigenvalue weighted by molar-refractivity contribution is 0.414. The monoisotopic (exact) mass is 252 g/mol. The van der Waals surface area contributed by atoms with Crippen LogP contribution in [0.5, 0.6) is 5.75 Å². The molecular formula is C11H9ClN2OS. The van der Waals surface area contributed by atoms with Crippen LogP contribution in [0.1, 0.15) is 0 Å². The molecule has 0 aliphatic rings. The second-order valence-corrected chi connectivity index (χ2v) is 4.35. The average Bonchev–Trinajstić information content (AvgIpc) is 2.33. The predicted octanol–water partition coefficient (Wildman–Crippen LogP) is 3.29. The van der Waals surface area contributed by atoms with Gasteiger partial charge in [-0.1, -0.05) is 23.4 Å². The zero-order valence-corrected chi connectivity index (χ0v) is 10.1. The van der Waals surface area contributed by atoms with E-state index in [2.05, 4.69) is 9.97 Å². The van der Waals surface area contributed by atoms with Crippen LogP contribution in [0.15, 0.2) is 46.6 Å². The molecule has 0 unspecified atom stereocenters. The van der Waals surface area contributed by atoms with E-state index in [-0.39, 0.29) is 0 Å². The van der Waals surface area contributed by atoms with Gasteiger partial charge in [0.25, 0.3) is 0 Å². The van der Waals surface area contributed by atoms with Gasteiger partial charge in [0, 0.05) is 17.3 Å². The summed E-state index contributed by atoms with van der Waals surface area (Å²) in [6, 6.07) is 7.70. The SMILES string of the molecule is COc1ccc(Sc2nccnc2Cl)cc1. The van der Waals surface area contributed by atoms with Crippen LogP contribution < -0.4 is 4.74 Å². The first-order valence-corrected chi connectivity index (χ1v) is 5.77. The lowest BCUT2D eigenvalue weighted by Crippen LogP contribution is -1.85. The molecule has 0 aliphatic carbocycles. The predicted molar refractivity (Wildman–Crippen MR) is 64.2 cm³/mol. The minimum atomic E-state index is 0.420. The van der Waals surface area contributed by atoms with Gasteiger partial charge in [-0.25, -0.2) is 9.97 Å². The second kappa shape index (κ2) is 5.18. The smallest absolute Gasteiger partial charge is 0.161 e. The van der Waals surface area contributed by atoms with E-state index in [1.165, 1.54) is 11.8 Å². The molecule has 0 N–H and O–H groups in total. The van der Waals surface area contributed by atoms with E-state index in [1.54, 1.807) is 19.5 Å². The Morgan fingerprint density at radius 2 is 1.81 bits per heavy atom. The van der Waals surface area contributed by atoms with Crippen LogP contribution >= 0.6 is 23.4 Å². The molecule has 1 heterocycles. The maximum atomic E-state index is 5.91. The number of nitrogens with zero attached hydrogens (tertiary/aromatic N) is 2. The van der Waals surface area contributed by atoms with E-state index in [4.69, 9.17) is 16.3 Å². The van der Waals surface area contributed by atoms with E-state index < -0.39 is 0 Å². The van der Waals surface area contributed by atoms with Gasteiger partial charge < -0.3 is 4.74 Å². The Labute approximate surface area is 103 Å². The van der Waals surface area contributed by atoms with Crippen molar-refractivity contribution in [3.05, 3.63) is 41.8 Å². The lowest BCUT2D eigenvalue weighted by Gasteiger charge is -2.03. The highest BCUT2D eigenvalue weighted by Gasteiger charge is 2.04. The summed E-state index contributed by atoms with van der Waals surface area (Å²) in [4.78, 5) is 9.16. The Kier molecular flexibility index (Phi) is 3.64. The molecule has 0 bridgehead atoms. The van der Waals surface area contributed by atoms with Gasteiger partial charge in [-0.2, -0.15) is 0 Å². The summed E-state index contributed by atoms with van der Waals surface area (Å²) in [5, 5.41) is 1.12. The minimum Gasteiger partial charge on any atom is -0.497 e. The molecule has 0 radical (unpaired) electrons. The van der Waals surface area contributed by atoms with Gasteiger partial charge in [-0.15, -0.1) is 0 Å². The summed E-state index contributed by atoms with van der Waals surface area (Å²) in [5.74, 6) is 0.828. The third-order valence-corrected chi connectivity index (χ3v) is 3.29. The molecule has 0 saturated heterocycles. The van der Waals surface area contributed by atoms with Crippen LogP contribution in [0.25, 0.3) is 0 Å². The molecule has 1 aromatic carbocycles. The molecule has 82 valence electrons. The van der Waals surface area contributed by atoms with Gasteiger partial charge in [0.15, 0.2) is 5.15 Å². The summed E-state index contributed by atoms with van der Waals surface area (Å²) in [6.07, 6.45) is 3.19. The normalized spacial score (nSPS) is 10.1. The first-order chi connectivity index (χ1) is 7.79. The number of aromatic nitrogens is 2. The molecule has 0 amide bonds. The lowest BCUT2D eigenvalue weighted by atomic mass is 10.3. The Hall–Kier alpha value is -1.26. The van der Waals surface area contributed by atoms with Gasteiger partial charge >= 0.3 is 0 Å². The molecule has 0 atom stereocenters. The maximum absolute atomic E-state index is 5.91. The van der Waals surface area contributed by atoms with E-state index in [9.17, 15) is 0 Å². The third-order valence-electron chi connectivity index (χ3n) is 1.90. The van der Waals surface area contributed by atoms with Crippen LogP contribution in [0.4, 0.5) is 0 Å². The maximum Gasteiger partial charge on any atom is 0.161 e. The van der Waals surface area contributed by atoms with E-state index >= 15 is 0 Å². The van der Waals surface area contributed by atoms with Gasteiger partial charge in [-0.3, -0.25) is 0 Å². The van der Waals surface area contributed by atoms with Crippen LogP contribution in [-0.2, 0) is 0 Å². The van der Waals surface area contributed by atoms with Crippen LogP contribution in [-0.4, -0.2) is 17.1 Å². The summed E-state index contributed by atoms with van der Waals surface area (Å²) in [7, 11) is 1.64. The highest BCUT2D eigenvalue weighted by Crippen LogP contribution is 2.30. The molecule has 0 fully saturated rings. The number of halogens is 1. The fourth-order valence-electron chi connectivity index (χ4n) is 1.13. The zero-order chi connectivity index (χ0) is 11.4. The Morgan fingerprint density at radius 3 is 2.44 bits per heavy atom. The highest BCUT2D eigenvalue weighted by molar-refractivity contribution is 7.99.